The Bertz CT molecular complexity index is 1140. The lowest BCUT2D eigenvalue weighted by molar-refractivity contribution is -0.121. The molecule has 0 aliphatic carbocycles. The van der Waals surface area contributed by atoms with Crippen molar-refractivity contribution < 1.29 is 4.79 Å². The minimum absolute atomic E-state index is 0.203. The van der Waals surface area contributed by atoms with E-state index in [9.17, 15) is 14.4 Å². The molecule has 0 saturated heterocycles. The highest BCUT2D eigenvalue weighted by atomic mass is 35.5. The summed E-state index contributed by atoms with van der Waals surface area (Å²) in [7, 11) is 0. The van der Waals surface area contributed by atoms with Gasteiger partial charge in [-0.1, -0.05) is 41.4 Å². The summed E-state index contributed by atoms with van der Waals surface area (Å²) in [6, 6.07) is 11.8. The Hall–Kier alpha value is -2.57. The molecule has 1 amide bonds. The van der Waals surface area contributed by atoms with Gasteiger partial charge in [-0.05, 0) is 36.8 Å². The lowest BCUT2D eigenvalue weighted by atomic mass is 10.2. The van der Waals surface area contributed by atoms with Gasteiger partial charge in [-0.3, -0.25) is 18.7 Å². The first-order valence-electron chi connectivity index (χ1n) is 8.35. The second kappa shape index (κ2) is 7.98. The standard InChI is InChI=1S/C19H17Cl2N3O3/c1-2-23-18(26)14-5-3-4-6-16(14)24(19(23)27)11-17(25)22-10-12-7-8-13(20)9-15(12)21/h3-9H,2,10-11H2,1H3,(H,22,25). The first-order chi connectivity index (χ1) is 12.9. The lowest BCUT2D eigenvalue weighted by Crippen LogP contribution is -2.42. The number of carbonyl (C=O) groups excluding carboxylic acids is 1. The molecule has 3 rings (SSSR count). The maximum Gasteiger partial charge on any atom is 0.331 e. The van der Waals surface area contributed by atoms with Gasteiger partial charge >= 0.3 is 5.69 Å². The molecular weight excluding hydrogens is 389 g/mol. The van der Waals surface area contributed by atoms with E-state index in [2.05, 4.69) is 5.32 Å². The minimum atomic E-state index is -0.513. The third-order valence-corrected chi connectivity index (χ3v) is 4.83. The Morgan fingerprint density at radius 3 is 2.52 bits per heavy atom. The number of carbonyl (C=O) groups is 1. The van der Waals surface area contributed by atoms with Crippen molar-refractivity contribution in [1.82, 2.24) is 14.5 Å². The zero-order valence-corrected chi connectivity index (χ0v) is 16.0. The maximum absolute atomic E-state index is 12.6. The van der Waals surface area contributed by atoms with Crippen LogP contribution in [0.25, 0.3) is 10.9 Å². The molecule has 8 heteroatoms. The molecule has 2 aromatic carbocycles. The van der Waals surface area contributed by atoms with Gasteiger partial charge in [-0.25, -0.2) is 4.79 Å². The summed E-state index contributed by atoms with van der Waals surface area (Å²) in [5, 5.41) is 4.09. The zero-order valence-electron chi connectivity index (χ0n) is 14.5. The molecule has 0 aliphatic heterocycles. The summed E-state index contributed by atoms with van der Waals surface area (Å²) in [6.45, 7) is 1.94. The van der Waals surface area contributed by atoms with E-state index in [4.69, 9.17) is 23.2 Å². The Morgan fingerprint density at radius 2 is 1.81 bits per heavy atom. The largest absolute Gasteiger partial charge is 0.350 e. The molecule has 0 fully saturated rings. The van der Waals surface area contributed by atoms with Crippen molar-refractivity contribution in [3.63, 3.8) is 0 Å². The summed E-state index contributed by atoms with van der Waals surface area (Å²) in [5.74, 6) is -0.366. The molecule has 0 atom stereocenters. The van der Waals surface area contributed by atoms with Gasteiger partial charge in [0.1, 0.15) is 6.54 Å². The van der Waals surface area contributed by atoms with Gasteiger partial charge in [0.15, 0.2) is 0 Å². The summed E-state index contributed by atoms with van der Waals surface area (Å²) in [6.07, 6.45) is 0. The minimum Gasteiger partial charge on any atom is -0.350 e. The fourth-order valence-corrected chi connectivity index (χ4v) is 3.34. The average Bonchev–Trinajstić information content (AvgIpc) is 2.65. The number of nitrogens with one attached hydrogen (secondary N) is 1. The van der Waals surface area contributed by atoms with Crippen molar-refractivity contribution in [1.29, 1.82) is 0 Å². The van der Waals surface area contributed by atoms with Crippen molar-refractivity contribution in [2.45, 2.75) is 26.6 Å². The molecule has 3 aromatic rings. The van der Waals surface area contributed by atoms with Crippen LogP contribution in [0.3, 0.4) is 0 Å². The summed E-state index contributed by atoms with van der Waals surface area (Å²) in [4.78, 5) is 37.5. The van der Waals surface area contributed by atoms with Crippen molar-refractivity contribution in [2.75, 3.05) is 0 Å². The van der Waals surface area contributed by atoms with Crippen LogP contribution in [0.2, 0.25) is 10.0 Å². The maximum atomic E-state index is 12.6. The quantitative estimate of drug-likeness (QED) is 0.708. The Kier molecular flexibility index (Phi) is 5.68. The van der Waals surface area contributed by atoms with Crippen LogP contribution >= 0.6 is 23.2 Å². The molecule has 0 aliphatic rings. The van der Waals surface area contributed by atoms with Gasteiger partial charge in [0.25, 0.3) is 5.56 Å². The van der Waals surface area contributed by atoms with E-state index in [0.29, 0.717) is 26.5 Å². The number of halogens is 2. The Labute approximate surface area is 164 Å². The molecule has 1 aromatic heterocycles. The van der Waals surface area contributed by atoms with E-state index >= 15 is 0 Å². The predicted octanol–water partition coefficient (Wildman–Crippen LogP) is 2.81. The van der Waals surface area contributed by atoms with Crippen molar-refractivity contribution >= 4 is 40.0 Å². The van der Waals surface area contributed by atoms with Gasteiger partial charge in [-0.15, -0.1) is 0 Å². The molecule has 0 radical (unpaired) electrons. The summed E-state index contributed by atoms with van der Waals surface area (Å²) in [5.41, 5.74) is 0.269. The van der Waals surface area contributed by atoms with E-state index in [1.165, 1.54) is 4.57 Å². The van der Waals surface area contributed by atoms with E-state index in [0.717, 1.165) is 4.57 Å². The number of fused-ring (bicyclic) bond motifs is 1. The molecule has 0 spiro atoms. The molecule has 0 unspecified atom stereocenters. The SMILES string of the molecule is CCn1c(=O)c2ccccc2n(CC(=O)NCc2ccc(Cl)cc2Cl)c1=O. The van der Waals surface area contributed by atoms with Gasteiger partial charge in [-0.2, -0.15) is 0 Å². The normalized spacial score (nSPS) is 10.9. The third kappa shape index (κ3) is 3.91. The highest BCUT2D eigenvalue weighted by Crippen LogP contribution is 2.20. The van der Waals surface area contributed by atoms with Crippen molar-refractivity contribution in [2.24, 2.45) is 0 Å². The van der Waals surface area contributed by atoms with Crippen molar-refractivity contribution in [3.8, 4) is 0 Å². The number of amides is 1. The van der Waals surface area contributed by atoms with E-state index < -0.39 is 5.69 Å². The molecule has 1 N–H and O–H groups in total. The molecule has 0 saturated carbocycles. The molecule has 1 heterocycles. The monoisotopic (exact) mass is 405 g/mol. The van der Waals surface area contributed by atoms with Crippen LogP contribution in [0.4, 0.5) is 0 Å². The van der Waals surface area contributed by atoms with Crippen molar-refractivity contribution in [3.05, 3.63) is 78.9 Å². The molecular formula is C19H17Cl2N3O3. The number of nitrogens with zero attached hydrogens (tertiary/aromatic N) is 2. The van der Waals surface area contributed by atoms with Crippen LogP contribution in [0, 0.1) is 0 Å². The number of hydrogen-bond donors (Lipinski definition) is 1. The van der Waals surface area contributed by atoms with Gasteiger partial charge in [0.05, 0.1) is 10.9 Å². The van der Waals surface area contributed by atoms with Crippen LogP contribution in [0.5, 0.6) is 0 Å². The lowest BCUT2D eigenvalue weighted by Gasteiger charge is -2.13. The van der Waals surface area contributed by atoms with Crippen LogP contribution in [0.1, 0.15) is 12.5 Å². The van der Waals surface area contributed by atoms with E-state index in [-0.39, 0.29) is 31.1 Å². The number of para-hydroxylation sites is 1. The first-order valence-corrected chi connectivity index (χ1v) is 9.11. The Balaban J connectivity index is 1.89. The Morgan fingerprint density at radius 1 is 1.07 bits per heavy atom. The summed E-state index contributed by atoms with van der Waals surface area (Å²) >= 11 is 12.0. The molecule has 0 bridgehead atoms. The fourth-order valence-electron chi connectivity index (χ4n) is 2.86. The second-order valence-corrected chi connectivity index (χ2v) is 6.79. The zero-order chi connectivity index (χ0) is 19.6. The number of benzene rings is 2. The molecule has 140 valence electrons. The topological polar surface area (TPSA) is 73.1 Å². The predicted molar refractivity (Wildman–Crippen MR) is 106 cm³/mol. The van der Waals surface area contributed by atoms with Gasteiger partial charge < -0.3 is 5.32 Å². The van der Waals surface area contributed by atoms with Crippen LogP contribution in [0.15, 0.2) is 52.1 Å². The third-order valence-electron chi connectivity index (χ3n) is 4.24. The number of rotatable bonds is 5. The first kappa shape index (κ1) is 19.2. The molecule has 27 heavy (non-hydrogen) atoms. The van der Waals surface area contributed by atoms with Gasteiger partial charge in [0.2, 0.25) is 5.91 Å². The number of aromatic nitrogens is 2. The average molecular weight is 406 g/mol. The van der Waals surface area contributed by atoms with Gasteiger partial charge in [0, 0.05) is 23.1 Å². The van der Waals surface area contributed by atoms with E-state index in [1.54, 1.807) is 49.4 Å². The van der Waals surface area contributed by atoms with Crippen LogP contribution < -0.4 is 16.6 Å². The smallest absolute Gasteiger partial charge is 0.331 e. The second-order valence-electron chi connectivity index (χ2n) is 5.95. The fraction of sp³-hybridized carbons (Fsp3) is 0.211. The van der Waals surface area contributed by atoms with Crippen LogP contribution in [-0.4, -0.2) is 15.0 Å². The number of hydrogen-bond acceptors (Lipinski definition) is 3. The summed E-state index contributed by atoms with van der Waals surface area (Å²) < 4.78 is 2.42. The molecule has 6 nitrogen and oxygen atoms in total. The van der Waals surface area contributed by atoms with E-state index in [1.807, 2.05) is 0 Å². The highest BCUT2D eigenvalue weighted by Gasteiger charge is 2.14. The highest BCUT2D eigenvalue weighted by molar-refractivity contribution is 6.35. The van der Waals surface area contributed by atoms with Crippen LogP contribution in [-0.2, 0) is 24.4 Å².